The molecule has 0 unspecified atom stereocenters. The molecule has 1 aromatic heterocycles. The number of hydrogen-bond donors (Lipinski definition) is 1. The molecular formula is C14H15ClFN3O. The standard InChI is InChI=1S/C14H15ClFN3O/c1-3-20-14-7-13(18-9(2)19-14)17-8-10-4-5-12(16)11(15)6-10/h4-7H,3,8H2,1-2H3,(H,17,18,19). The maximum Gasteiger partial charge on any atom is 0.218 e. The van der Waals surface area contributed by atoms with E-state index in [1.54, 1.807) is 25.1 Å². The van der Waals surface area contributed by atoms with Crippen LogP contribution in [0.25, 0.3) is 0 Å². The Hall–Kier alpha value is -1.88. The summed E-state index contributed by atoms with van der Waals surface area (Å²) in [5.41, 5.74) is 0.866. The van der Waals surface area contributed by atoms with E-state index in [1.807, 2.05) is 6.92 Å². The van der Waals surface area contributed by atoms with Crippen LogP contribution < -0.4 is 10.1 Å². The van der Waals surface area contributed by atoms with Crippen LogP contribution in [0.1, 0.15) is 18.3 Å². The molecule has 0 bridgehead atoms. The van der Waals surface area contributed by atoms with Crippen molar-refractivity contribution in [2.75, 3.05) is 11.9 Å². The van der Waals surface area contributed by atoms with Crippen molar-refractivity contribution in [2.45, 2.75) is 20.4 Å². The van der Waals surface area contributed by atoms with Gasteiger partial charge in [-0.3, -0.25) is 0 Å². The molecule has 20 heavy (non-hydrogen) atoms. The molecule has 1 heterocycles. The highest BCUT2D eigenvalue weighted by Gasteiger charge is 2.04. The minimum absolute atomic E-state index is 0.109. The van der Waals surface area contributed by atoms with Crippen molar-refractivity contribution >= 4 is 17.4 Å². The Morgan fingerprint density at radius 3 is 2.80 bits per heavy atom. The zero-order valence-electron chi connectivity index (χ0n) is 11.3. The van der Waals surface area contributed by atoms with Crippen molar-refractivity contribution in [3.63, 3.8) is 0 Å². The SMILES string of the molecule is CCOc1cc(NCc2ccc(F)c(Cl)c2)nc(C)n1. The first-order valence-corrected chi connectivity index (χ1v) is 6.62. The third-order valence-electron chi connectivity index (χ3n) is 2.56. The van der Waals surface area contributed by atoms with E-state index in [0.29, 0.717) is 30.7 Å². The second-order valence-corrected chi connectivity index (χ2v) is 4.58. The molecule has 1 N–H and O–H groups in total. The normalized spacial score (nSPS) is 10.4. The van der Waals surface area contributed by atoms with Gasteiger partial charge in [0.25, 0.3) is 0 Å². The highest BCUT2D eigenvalue weighted by atomic mass is 35.5. The van der Waals surface area contributed by atoms with Gasteiger partial charge in [-0.15, -0.1) is 0 Å². The van der Waals surface area contributed by atoms with Crippen LogP contribution in [0.15, 0.2) is 24.3 Å². The summed E-state index contributed by atoms with van der Waals surface area (Å²) in [6.45, 7) is 4.72. The fourth-order valence-corrected chi connectivity index (χ4v) is 1.90. The van der Waals surface area contributed by atoms with E-state index < -0.39 is 5.82 Å². The number of nitrogens with zero attached hydrogens (tertiary/aromatic N) is 2. The predicted octanol–water partition coefficient (Wildman–Crippen LogP) is 3.59. The topological polar surface area (TPSA) is 47.0 Å². The minimum atomic E-state index is -0.424. The molecule has 2 aromatic rings. The fraction of sp³-hybridized carbons (Fsp3) is 0.286. The molecule has 0 saturated carbocycles. The lowest BCUT2D eigenvalue weighted by Gasteiger charge is -2.09. The number of nitrogens with one attached hydrogen (secondary N) is 1. The monoisotopic (exact) mass is 295 g/mol. The molecule has 0 amide bonds. The van der Waals surface area contributed by atoms with E-state index >= 15 is 0 Å². The Morgan fingerprint density at radius 1 is 1.30 bits per heavy atom. The van der Waals surface area contributed by atoms with Crippen molar-refractivity contribution < 1.29 is 9.13 Å². The van der Waals surface area contributed by atoms with E-state index in [4.69, 9.17) is 16.3 Å². The largest absolute Gasteiger partial charge is 0.478 e. The molecule has 4 nitrogen and oxygen atoms in total. The van der Waals surface area contributed by atoms with Gasteiger partial charge in [-0.05, 0) is 31.5 Å². The van der Waals surface area contributed by atoms with Gasteiger partial charge in [-0.1, -0.05) is 17.7 Å². The van der Waals surface area contributed by atoms with E-state index in [-0.39, 0.29) is 5.02 Å². The molecule has 0 atom stereocenters. The lowest BCUT2D eigenvalue weighted by Crippen LogP contribution is -2.05. The van der Waals surface area contributed by atoms with Crippen molar-refractivity contribution in [3.05, 3.63) is 46.5 Å². The third kappa shape index (κ3) is 3.81. The molecule has 106 valence electrons. The average Bonchev–Trinajstić information content (AvgIpc) is 2.40. The van der Waals surface area contributed by atoms with Crippen molar-refractivity contribution in [2.24, 2.45) is 0 Å². The second kappa shape index (κ2) is 6.52. The highest BCUT2D eigenvalue weighted by Crippen LogP contribution is 2.18. The molecule has 0 aliphatic carbocycles. The summed E-state index contributed by atoms with van der Waals surface area (Å²) in [6.07, 6.45) is 0. The molecular weight excluding hydrogens is 281 g/mol. The third-order valence-corrected chi connectivity index (χ3v) is 2.85. The number of ether oxygens (including phenoxy) is 1. The summed E-state index contributed by atoms with van der Waals surface area (Å²) >= 11 is 5.74. The van der Waals surface area contributed by atoms with Gasteiger partial charge >= 0.3 is 0 Å². The number of aryl methyl sites for hydroxylation is 1. The van der Waals surface area contributed by atoms with Crippen LogP contribution in [0.5, 0.6) is 5.88 Å². The molecule has 0 radical (unpaired) electrons. The summed E-state index contributed by atoms with van der Waals surface area (Å²) in [6, 6.07) is 6.32. The summed E-state index contributed by atoms with van der Waals surface area (Å²) in [5.74, 6) is 1.38. The molecule has 0 aliphatic heterocycles. The number of rotatable bonds is 5. The van der Waals surface area contributed by atoms with Gasteiger partial charge < -0.3 is 10.1 Å². The maximum absolute atomic E-state index is 13.1. The van der Waals surface area contributed by atoms with Gasteiger partial charge in [0.15, 0.2) is 0 Å². The summed E-state index contributed by atoms with van der Waals surface area (Å²) in [4.78, 5) is 8.42. The molecule has 0 saturated heterocycles. The molecule has 6 heteroatoms. The van der Waals surface area contributed by atoms with Crippen LogP contribution >= 0.6 is 11.6 Å². The van der Waals surface area contributed by atoms with E-state index in [0.717, 1.165) is 5.56 Å². The lowest BCUT2D eigenvalue weighted by molar-refractivity contribution is 0.325. The Labute approximate surface area is 122 Å². The zero-order valence-corrected chi connectivity index (χ0v) is 12.0. The fourth-order valence-electron chi connectivity index (χ4n) is 1.69. The maximum atomic E-state index is 13.1. The predicted molar refractivity (Wildman–Crippen MR) is 76.7 cm³/mol. The summed E-state index contributed by atoms with van der Waals surface area (Å²) < 4.78 is 18.4. The van der Waals surface area contributed by atoms with E-state index in [2.05, 4.69) is 15.3 Å². The molecule has 0 spiro atoms. The molecule has 0 aliphatic rings. The van der Waals surface area contributed by atoms with Gasteiger partial charge in [0.1, 0.15) is 17.5 Å². The number of anilines is 1. The van der Waals surface area contributed by atoms with Crippen molar-refractivity contribution in [3.8, 4) is 5.88 Å². The summed E-state index contributed by atoms with van der Waals surface area (Å²) in [7, 11) is 0. The van der Waals surface area contributed by atoms with Crippen LogP contribution in [-0.4, -0.2) is 16.6 Å². The van der Waals surface area contributed by atoms with Crippen molar-refractivity contribution in [1.29, 1.82) is 0 Å². The smallest absolute Gasteiger partial charge is 0.218 e. The summed E-state index contributed by atoms with van der Waals surface area (Å²) in [5, 5.41) is 3.24. The van der Waals surface area contributed by atoms with Crippen LogP contribution in [-0.2, 0) is 6.54 Å². The second-order valence-electron chi connectivity index (χ2n) is 4.17. The van der Waals surface area contributed by atoms with Gasteiger partial charge in [-0.25, -0.2) is 9.37 Å². The average molecular weight is 296 g/mol. The van der Waals surface area contributed by atoms with Crippen LogP contribution in [0.4, 0.5) is 10.2 Å². The molecule has 2 rings (SSSR count). The number of aromatic nitrogens is 2. The van der Waals surface area contributed by atoms with Gasteiger partial charge in [0.2, 0.25) is 5.88 Å². The van der Waals surface area contributed by atoms with Gasteiger partial charge in [0, 0.05) is 12.6 Å². The number of halogens is 2. The quantitative estimate of drug-likeness (QED) is 0.916. The van der Waals surface area contributed by atoms with Gasteiger partial charge in [0.05, 0.1) is 11.6 Å². The van der Waals surface area contributed by atoms with Crippen LogP contribution in [0, 0.1) is 12.7 Å². The Morgan fingerprint density at radius 2 is 2.10 bits per heavy atom. The lowest BCUT2D eigenvalue weighted by atomic mass is 10.2. The van der Waals surface area contributed by atoms with E-state index in [9.17, 15) is 4.39 Å². The minimum Gasteiger partial charge on any atom is -0.478 e. The van der Waals surface area contributed by atoms with E-state index in [1.165, 1.54) is 6.07 Å². The first-order chi connectivity index (χ1) is 9.58. The Bertz CT molecular complexity index is 607. The zero-order chi connectivity index (χ0) is 14.5. The molecule has 0 fully saturated rings. The van der Waals surface area contributed by atoms with Crippen molar-refractivity contribution in [1.82, 2.24) is 9.97 Å². The first kappa shape index (κ1) is 14.5. The number of hydrogen-bond acceptors (Lipinski definition) is 4. The van der Waals surface area contributed by atoms with Crippen LogP contribution in [0.2, 0.25) is 5.02 Å². The highest BCUT2D eigenvalue weighted by molar-refractivity contribution is 6.30. The van der Waals surface area contributed by atoms with Crippen LogP contribution in [0.3, 0.4) is 0 Å². The number of benzene rings is 1. The Balaban J connectivity index is 2.08. The van der Waals surface area contributed by atoms with Gasteiger partial charge in [-0.2, -0.15) is 4.98 Å². The molecule has 1 aromatic carbocycles. The first-order valence-electron chi connectivity index (χ1n) is 6.24. The Kier molecular flexibility index (Phi) is 4.74.